The van der Waals surface area contributed by atoms with Gasteiger partial charge in [-0.2, -0.15) is 0 Å². The molecule has 8 heteroatoms. The molecule has 1 N–H and O–H groups in total. The van der Waals surface area contributed by atoms with Crippen molar-refractivity contribution in [3.8, 4) is 5.75 Å². The Balaban J connectivity index is 2.08. The molecule has 0 aliphatic heterocycles. The second kappa shape index (κ2) is 10.7. The van der Waals surface area contributed by atoms with Crippen molar-refractivity contribution >= 4 is 17.5 Å². The van der Waals surface area contributed by atoms with Gasteiger partial charge in [0.05, 0.1) is 6.42 Å². The van der Waals surface area contributed by atoms with Crippen molar-refractivity contribution in [3.05, 3.63) is 84.4 Å². The standard InChI is InChI=1S/C25H27FN4O3/c1-25(2,3)29-24(32)23(19-7-5-13-28-16-19)30(20-8-10-21(11-9-20)33-17-26)22(31)14-18-6-4-12-27-15-18/h4-13,15-16,23H,14,17H2,1-3H3,(H,29,32). The van der Waals surface area contributed by atoms with Crippen molar-refractivity contribution in [2.75, 3.05) is 11.8 Å². The van der Waals surface area contributed by atoms with E-state index in [2.05, 4.69) is 15.3 Å². The van der Waals surface area contributed by atoms with E-state index in [9.17, 15) is 14.0 Å². The lowest BCUT2D eigenvalue weighted by Crippen LogP contribution is -2.49. The Morgan fingerprint density at radius 3 is 2.24 bits per heavy atom. The van der Waals surface area contributed by atoms with Crippen LogP contribution in [0, 0.1) is 0 Å². The summed E-state index contributed by atoms with van der Waals surface area (Å²) in [6.07, 6.45) is 6.45. The SMILES string of the molecule is CC(C)(C)NC(=O)C(c1cccnc1)N(C(=O)Cc1cccnc1)c1ccc(OCF)cc1. The largest absolute Gasteiger partial charge is 0.463 e. The molecular formula is C25H27FN4O3. The van der Waals surface area contributed by atoms with E-state index in [0.717, 1.165) is 0 Å². The molecule has 0 saturated carbocycles. The van der Waals surface area contributed by atoms with Crippen molar-refractivity contribution in [2.45, 2.75) is 38.8 Å². The normalized spacial score (nSPS) is 12.0. The summed E-state index contributed by atoms with van der Waals surface area (Å²) in [6.45, 7) is 4.65. The van der Waals surface area contributed by atoms with Gasteiger partial charge in [0, 0.05) is 41.6 Å². The molecule has 1 unspecified atom stereocenters. The lowest BCUT2D eigenvalue weighted by atomic mass is 10.0. The maximum absolute atomic E-state index is 13.6. The number of benzene rings is 1. The summed E-state index contributed by atoms with van der Waals surface area (Å²) in [5, 5.41) is 2.97. The summed E-state index contributed by atoms with van der Waals surface area (Å²) in [5.74, 6) is -0.336. The summed E-state index contributed by atoms with van der Waals surface area (Å²) >= 11 is 0. The van der Waals surface area contributed by atoms with Crippen LogP contribution in [0.15, 0.2) is 73.3 Å². The Kier molecular flexibility index (Phi) is 7.71. The molecule has 0 aliphatic rings. The first kappa shape index (κ1) is 23.8. The van der Waals surface area contributed by atoms with Crippen molar-refractivity contribution in [1.29, 1.82) is 0 Å². The Hall–Kier alpha value is -3.81. The zero-order valence-electron chi connectivity index (χ0n) is 18.9. The van der Waals surface area contributed by atoms with Crippen LogP contribution in [0.4, 0.5) is 10.1 Å². The average molecular weight is 451 g/mol. The van der Waals surface area contributed by atoms with E-state index in [0.29, 0.717) is 22.6 Å². The van der Waals surface area contributed by atoms with E-state index in [4.69, 9.17) is 4.74 Å². The topological polar surface area (TPSA) is 84.4 Å². The highest BCUT2D eigenvalue weighted by Gasteiger charge is 2.34. The maximum Gasteiger partial charge on any atom is 0.248 e. The molecule has 0 bridgehead atoms. The molecule has 33 heavy (non-hydrogen) atoms. The number of pyridine rings is 2. The molecule has 3 aromatic rings. The minimum Gasteiger partial charge on any atom is -0.463 e. The minimum absolute atomic E-state index is 0.0378. The third-order valence-electron chi connectivity index (χ3n) is 4.69. The first-order valence-corrected chi connectivity index (χ1v) is 10.5. The molecule has 7 nitrogen and oxygen atoms in total. The maximum atomic E-state index is 13.6. The number of hydrogen-bond acceptors (Lipinski definition) is 5. The van der Waals surface area contributed by atoms with Crippen LogP contribution >= 0.6 is 0 Å². The van der Waals surface area contributed by atoms with Crippen LogP contribution in [0.2, 0.25) is 0 Å². The van der Waals surface area contributed by atoms with Gasteiger partial charge in [0.1, 0.15) is 11.8 Å². The van der Waals surface area contributed by atoms with Gasteiger partial charge in [-0.3, -0.25) is 24.5 Å². The molecule has 0 aliphatic carbocycles. The average Bonchev–Trinajstić information content (AvgIpc) is 2.78. The van der Waals surface area contributed by atoms with Gasteiger partial charge in [-0.05, 0) is 62.7 Å². The zero-order valence-corrected chi connectivity index (χ0v) is 18.9. The summed E-state index contributed by atoms with van der Waals surface area (Å²) in [5.41, 5.74) is 1.22. The van der Waals surface area contributed by atoms with Crippen molar-refractivity contribution in [1.82, 2.24) is 15.3 Å². The van der Waals surface area contributed by atoms with Crippen LogP contribution in [0.5, 0.6) is 5.75 Å². The molecule has 2 heterocycles. The summed E-state index contributed by atoms with van der Waals surface area (Å²) < 4.78 is 17.5. The first-order chi connectivity index (χ1) is 15.8. The fourth-order valence-electron chi connectivity index (χ4n) is 3.36. The van der Waals surface area contributed by atoms with Crippen LogP contribution in [-0.4, -0.2) is 34.2 Å². The fourth-order valence-corrected chi connectivity index (χ4v) is 3.36. The molecule has 2 aromatic heterocycles. The number of alkyl halides is 1. The molecule has 0 saturated heterocycles. The van der Waals surface area contributed by atoms with Crippen LogP contribution in [-0.2, 0) is 16.0 Å². The molecule has 0 fully saturated rings. The van der Waals surface area contributed by atoms with Crippen LogP contribution in [0.3, 0.4) is 0 Å². The van der Waals surface area contributed by atoms with Gasteiger partial charge < -0.3 is 10.1 Å². The van der Waals surface area contributed by atoms with Crippen molar-refractivity contribution < 1.29 is 18.7 Å². The second-order valence-corrected chi connectivity index (χ2v) is 8.48. The highest BCUT2D eigenvalue weighted by Crippen LogP contribution is 2.30. The van der Waals surface area contributed by atoms with Crippen molar-refractivity contribution in [3.63, 3.8) is 0 Å². The number of halogens is 1. The zero-order chi connectivity index (χ0) is 23.8. The van der Waals surface area contributed by atoms with E-state index in [1.54, 1.807) is 73.3 Å². The number of carbonyl (C=O) groups is 2. The van der Waals surface area contributed by atoms with E-state index in [1.807, 2.05) is 20.8 Å². The number of nitrogens with zero attached hydrogens (tertiary/aromatic N) is 3. The molecule has 2 amide bonds. The second-order valence-electron chi connectivity index (χ2n) is 8.48. The number of anilines is 1. The van der Waals surface area contributed by atoms with Gasteiger partial charge in [-0.15, -0.1) is 0 Å². The van der Waals surface area contributed by atoms with E-state index in [1.165, 1.54) is 4.90 Å². The Morgan fingerprint density at radius 2 is 1.70 bits per heavy atom. The lowest BCUT2D eigenvalue weighted by Gasteiger charge is -2.33. The number of rotatable bonds is 8. The highest BCUT2D eigenvalue weighted by atomic mass is 19.1. The fraction of sp³-hybridized carbons (Fsp3) is 0.280. The molecule has 0 spiro atoms. The van der Waals surface area contributed by atoms with Gasteiger partial charge in [0.25, 0.3) is 0 Å². The Bertz CT molecular complexity index is 1050. The van der Waals surface area contributed by atoms with Gasteiger partial charge in [0.15, 0.2) is 0 Å². The summed E-state index contributed by atoms with van der Waals surface area (Å²) in [7, 11) is 0. The Morgan fingerprint density at radius 1 is 1.03 bits per heavy atom. The van der Waals surface area contributed by atoms with Crippen LogP contribution in [0.25, 0.3) is 0 Å². The van der Waals surface area contributed by atoms with E-state index < -0.39 is 18.4 Å². The van der Waals surface area contributed by atoms with Gasteiger partial charge >= 0.3 is 0 Å². The van der Waals surface area contributed by atoms with Crippen molar-refractivity contribution in [2.24, 2.45) is 0 Å². The monoisotopic (exact) mass is 450 g/mol. The third kappa shape index (κ3) is 6.58. The molecule has 1 aromatic carbocycles. The molecule has 172 valence electrons. The number of nitrogens with one attached hydrogen (secondary N) is 1. The highest BCUT2D eigenvalue weighted by molar-refractivity contribution is 6.02. The Labute approximate surface area is 192 Å². The van der Waals surface area contributed by atoms with E-state index in [-0.39, 0.29) is 18.2 Å². The minimum atomic E-state index is -0.977. The smallest absolute Gasteiger partial charge is 0.248 e. The molecule has 0 radical (unpaired) electrons. The number of aromatic nitrogens is 2. The number of hydrogen-bond donors (Lipinski definition) is 1. The van der Waals surface area contributed by atoms with Crippen LogP contribution < -0.4 is 15.0 Å². The predicted octanol–water partition coefficient (Wildman–Crippen LogP) is 4.01. The molecular weight excluding hydrogens is 423 g/mol. The lowest BCUT2D eigenvalue weighted by molar-refractivity contribution is -0.127. The number of amides is 2. The van der Waals surface area contributed by atoms with Gasteiger partial charge in [0.2, 0.25) is 18.7 Å². The third-order valence-corrected chi connectivity index (χ3v) is 4.69. The van der Waals surface area contributed by atoms with Gasteiger partial charge in [-0.25, -0.2) is 4.39 Å². The summed E-state index contributed by atoms with van der Waals surface area (Å²) in [4.78, 5) is 36.8. The number of ether oxygens (including phenoxy) is 1. The molecule has 3 rings (SSSR count). The summed E-state index contributed by atoms with van der Waals surface area (Å²) in [6, 6.07) is 12.4. The molecule has 1 atom stereocenters. The predicted molar refractivity (Wildman–Crippen MR) is 123 cm³/mol. The first-order valence-electron chi connectivity index (χ1n) is 10.5. The quantitative estimate of drug-likeness (QED) is 0.561. The van der Waals surface area contributed by atoms with Gasteiger partial charge in [-0.1, -0.05) is 12.1 Å². The van der Waals surface area contributed by atoms with E-state index >= 15 is 0 Å². The number of carbonyl (C=O) groups excluding carboxylic acids is 2. The van der Waals surface area contributed by atoms with Crippen LogP contribution in [0.1, 0.15) is 37.9 Å².